The summed E-state index contributed by atoms with van der Waals surface area (Å²) in [6, 6.07) is 8.37. The summed E-state index contributed by atoms with van der Waals surface area (Å²) in [5.74, 6) is 0. The second-order valence-corrected chi connectivity index (χ2v) is 7.92. The molecule has 0 saturated carbocycles. The highest BCUT2D eigenvalue weighted by Gasteiger charge is 2.20. The highest BCUT2D eigenvalue weighted by Crippen LogP contribution is 2.35. The lowest BCUT2D eigenvalue weighted by molar-refractivity contribution is 0.600. The average molecular weight is 409 g/mol. The summed E-state index contributed by atoms with van der Waals surface area (Å²) >= 11 is 15.5. The number of sulfonamides is 1. The molecule has 0 amide bonds. The van der Waals surface area contributed by atoms with Gasteiger partial charge in [0.2, 0.25) is 0 Å². The van der Waals surface area contributed by atoms with Crippen LogP contribution in [0.2, 0.25) is 10.0 Å². The molecule has 0 atom stereocenters. The van der Waals surface area contributed by atoms with Crippen molar-refractivity contribution in [3.8, 4) is 0 Å². The summed E-state index contributed by atoms with van der Waals surface area (Å²) in [4.78, 5) is 0.172. The molecule has 21 heavy (non-hydrogen) atoms. The van der Waals surface area contributed by atoms with E-state index in [4.69, 9.17) is 23.2 Å². The molecule has 1 N–H and O–H groups in total. The number of aryl methyl sites for hydroxylation is 2. The summed E-state index contributed by atoms with van der Waals surface area (Å²) in [6.07, 6.45) is 0. The average Bonchev–Trinajstić information content (AvgIpc) is 2.42. The highest BCUT2D eigenvalue weighted by atomic mass is 79.9. The van der Waals surface area contributed by atoms with Gasteiger partial charge in [-0.25, -0.2) is 8.42 Å². The third kappa shape index (κ3) is 3.54. The first-order valence-corrected chi connectivity index (χ1v) is 8.99. The van der Waals surface area contributed by atoms with Gasteiger partial charge in [0, 0.05) is 4.47 Å². The van der Waals surface area contributed by atoms with Gasteiger partial charge in [0.1, 0.15) is 0 Å². The molecule has 0 unspecified atom stereocenters. The van der Waals surface area contributed by atoms with Gasteiger partial charge in [-0.2, -0.15) is 0 Å². The van der Waals surface area contributed by atoms with E-state index >= 15 is 0 Å². The number of anilines is 1. The zero-order valence-electron chi connectivity index (χ0n) is 11.2. The first kappa shape index (κ1) is 16.6. The Labute approximate surface area is 142 Å². The monoisotopic (exact) mass is 407 g/mol. The van der Waals surface area contributed by atoms with Gasteiger partial charge in [0.25, 0.3) is 10.0 Å². The fraction of sp³-hybridized carbons (Fsp3) is 0.143. The first-order valence-electron chi connectivity index (χ1n) is 5.96. The van der Waals surface area contributed by atoms with E-state index in [2.05, 4.69) is 20.7 Å². The van der Waals surface area contributed by atoms with Crippen molar-refractivity contribution >= 4 is 54.8 Å². The fourth-order valence-electron chi connectivity index (χ4n) is 1.80. The van der Waals surface area contributed by atoms with E-state index in [0.29, 0.717) is 15.1 Å². The van der Waals surface area contributed by atoms with Crippen LogP contribution in [0, 0.1) is 13.8 Å². The van der Waals surface area contributed by atoms with Gasteiger partial charge in [0.15, 0.2) is 0 Å². The molecule has 7 heteroatoms. The van der Waals surface area contributed by atoms with Crippen LogP contribution < -0.4 is 4.72 Å². The van der Waals surface area contributed by atoms with E-state index in [-0.39, 0.29) is 15.6 Å². The van der Waals surface area contributed by atoms with E-state index in [1.54, 1.807) is 38.1 Å². The molecule has 112 valence electrons. The van der Waals surface area contributed by atoms with Crippen LogP contribution in [0.25, 0.3) is 0 Å². The standard InChI is InChI=1S/C14H12BrCl2NO2S/c1-8-3-5-10(15)7-12(8)21(19,20)18-14-11(16)6-4-9(2)13(14)17/h3-7,18H,1-2H3. The van der Waals surface area contributed by atoms with Crippen LogP contribution in [0.15, 0.2) is 39.7 Å². The Morgan fingerprint density at radius 2 is 1.67 bits per heavy atom. The Bertz CT molecular complexity index is 807. The molecule has 0 aliphatic heterocycles. The van der Waals surface area contributed by atoms with Gasteiger partial charge in [-0.3, -0.25) is 4.72 Å². The van der Waals surface area contributed by atoms with Gasteiger partial charge in [0.05, 0.1) is 20.6 Å². The van der Waals surface area contributed by atoms with Crippen molar-refractivity contribution in [2.24, 2.45) is 0 Å². The predicted molar refractivity (Wildman–Crippen MR) is 90.9 cm³/mol. The van der Waals surface area contributed by atoms with E-state index in [9.17, 15) is 8.42 Å². The number of hydrogen-bond donors (Lipinski definition) is 1. The number of nitrogens with one attached hydrogen (secondary N) is 1. The normalized spacial score (nSPS) is 11.5. The topological polar surface area (TPSA) is 46.2 Å². The van der Waals surface area contributed by atoms with Crippen molar-refractivity contribution in [3.63, 3.8) is 0 Å². The Morgan fingerprint density at radius 3 is 2.33 bits per heavy atom. The van der Waals surface area contributed by atoms with Crippen molar-refractivity contribution in [2.75, 3.05) is 4.72 Å². The fourth-order valence-corrected chi connectivity index (χ4v) is 4.26. The summed E-state index contributed by atoms with van der Waals surface area (Å²) in [6.45, 7) is 3.50. The molecule has 0 radical (unpaired) electrons. The van der Waals surface area contributed by atoms with E-state index in [1.807, 2.05) is 0 Å². The number of hydrogen-bond acceptors (Lipinski definition) is 2. The van der Waals surface area contributed by atoms with Crippen molar-refractivity contribution in [2.45, 2.75) is 18.7 Å². The van der Waals surface area contributed by atoms with E-state index < -0.39 is 10.0 Å². The molecule has 3 nitrogen and oxygen atoms in total. The van der Waals surface area contributed by atoms with E-state index in [0.717, 1.165) is 5.56 Å². The molecule has 0 spiro atoms. The lowest BCUT2D eigenvalue weighted by Crippen LogP contribution is -2.15. The lowest BCUT2D eigenvalue weighted by Gasteiger charge is -2.14. The summed E-state index contributed by atoms with van der Waals surface area (Å²) in [5, 5.41) is 0.542. The second kappa shape index (κ2) is 6.16. The molecule has 0 aliphatic carbocycles. The summed E-state index contributed by atoms with van der Waals surface area (Å²) in [5.41, 5.74) is 1.56. The SMILES string of the molecule is Cc1ccc(Br)cc1S(=O)(=O)Nc1c(Cl)ccc(C)c1Cl. The Balaban J connectivity index is 2.53. The zero-order chi connectivity index (χ0) is 15.8. The first-order chi connectivity index (χ1) is 9.72. The third-order valence-corrected chi connectivity index (χ3v) is 5.75. The van der Waals surface area contributed by atoms with Gasteiger partial charge < -0.3 is 0 Å². The minimum absolute atomic E-state index is 0.172. The quantitative estimate of drug-likeness (QED) is 0.760. The van der Waals surface area contributed by atoms with Crippen molar-refractivity contribution in [3.05, 3.63) is 56.0 Å². The summed E-state index contributed by atoms with van der Waals surface area (Å²) in [7, 11) is -3.78. The largest absolute Gasteiger partial charge is 0.277 e. The smallest absolute Gasteiger partial charge is 0.262 e. The number of rotatable bonds is 3. The van der Waals surface area contributed by atoms with Crippen molar-refractivity contribution in [1.29, 1.82) is 0 Å². The van der Waals surface area contributed by atoms with Crippen LogP contribution in [-0.2, 0) is 10.0 Å². The van der Waals surface area contributed by atoms with Crippen molar-refractivity contribution in [1.82, 2.24) is 0 Å². The molecule has 0 aromatic heterocycles. The molecular weight excluding hydrogens is 397 g/mol. The molecular formula is C14H12BrCl2NO2S. The number of benzene rings is 2. The highest BCUT2D eigenvalue weighted by molar-refractivity contribution is 9.10. The van der Waals surface area contributed by atoms with Crippen LogP contribution in [-0.4, -0.2) is 8.42 Å². The second-order valence-electron chi connectivity index (χ2n) is 4.57. The summed E-state index contributed by atoms with van der Waals surface area (Å²) < 4.78 is 28.2. The van der Waals surface area contributed by atoms with Crippen LogP contribution in [0.3, 0.4) is 0 Å². The Hall–Kier alpha value is -0.750. The molecule has 0 heterocycles. The molecule has 2 rings (SSSR count). The van der Waals surface area contributed by atoms with Gasteiger partial charge >= 0.3 is 0 Å². The molecule has 2 aromatic carbocycles. The lowest BCUT2D eigenvalue weighted by atomic mass is 10.2. The van der Waals surface area contributed by atoms with Gasteiger partial charge in [-0.15, -0.1) is 0 Å². The zero-order valence-corrected chi connectivity index (χ0v) is 15.2. The molecule has 0 bridgehead atoms. The molecule has 0 saturated heterocycles. The minimum atomic E-state index is -3.78. The van der Waals surface area contributed by atoms with Crippen molar-refractivity contribution < 1.29 is 8.42 Å². The van der Waals surface area contributed by atoms with Crippen LogP contribution in [0.4, 0.5) is 5.69 Å². The maximum absolute atomic E-state index is 12.5. The maximum Gasteiger partial charge on any atom is 0.262 e. The maximum atomic E-state index is 12.5. The Morgan fingerprint density at radius 1 is 1.05 bits per heavy atom. The van der Waals surface area contributed by atoms with Gasteiger partial charge in [-0.05, 0) is 43.2 Å². The minimum Gasteiger partial charge on any atom is -0.277 e. The van der Waals surface area contributed by atoms with Gasteiger partial charge in [-0.1, -0.05) is 51.3 Å². The third-order valence-electron chi connectivity index (χ3n) is 2.96. The molecule has 0 fully saturated rings. The predicted octanol–water partition coefficient (Wildman–Crippen LogP) is 5.17. The Kier molecular flexibility index (Phi) is 4.88. The molecule has 2 aromatic rings. The van der Waals surface area contributed by atoms with Crippen LogP contribution in [0.1, 0.15) is 11.1 Å². The van der Waals surface area contributed by atoms with Crippen LogP contribution in [0.5, 0.6) is 0 Å². The number of halogens is 3. The van der Waals surface area contributed by atoms with Crippen LogP contribution >= 0.6 is 39.1 Å². The van der Waals surface area contributed by atoms with E-state index in [1.165, 1.54) is 6.07 Å². The molecule has 0 aliphatic rings.